The second kappa shape index (κ2) is 6.33. The summed E-state index contributed by atoms with van der Waals surface area (Å²) in [5.41, 5.74) is 0.905. The SMILES string of the molecule is CCNC(=O)CSc1nnc(-c2cccnc2)n1C. The monoisotopic (exact) mass is 277 g/mol. The minimum atomic E-state index is -0.00146. The minimum Gasteiger partial charge on any atom is -0.356 e. The molecule has 2 heterocycles. The molecule has 0 spiro atoms. The average molecular weight is 277 g/mol. The van der Waals surface area contributed by atoms with Crippen LogP contribution in [0.25, 0.3) is 11.4 Å². The Kier molecular flexibility index (Phi) is 4.51. The van der Waals surface area contributed by atoms with Crippen molar-refractivity contribution in [1.29, 1.82) is 0 Å². The Labute approximate surface area is 115 Å². The Balaban J connectivity index is 2.09. The molecule has 0 radical (unpaired) electrons. The summed E-state index contributed by atoms with van der Waals surface area (Å²) < 4.78 is 1.86. The standard InChI is InChI=1S/C12H15N5OS/c1-3-14-10(18)8-19-12-16-15-11(17(12)2)9-5-4-6-13-7-9/h4-7H,3,8H2,1-2H3,(H,14,18). The molecule has 2 aromatic heterocycles. The number of carbonyl (C=O) groups is 1. The molecule has 1 amide bonds. The lowest BCUT2D eigenvalue weighted by Crippen LogP contribution is -2.24. The van der Waals surface area contributed by atoms with Crippen LogP contribution in [0.1, 0.15) is 6.92 Å². The fourth-order valence-corrected chi connectivity index (χ4v) is 2.31. The molecule has 0 saturated carbocycles. The van der Waals surface area contributed by atoms with Crippen molar-refractivity contribution in [3.63, 3.8) is 0 Å². The molecule has 7 heteroatoms. The second-order valence-electron chi connectivity index (χ2n) is 3.85. The van der Waals surface area contributed by atoms with Crippen molar-refractivity contribution in [3.8, 4) is 11.4 Å². The van der Waals surface area contributed by atoms with Crippen LogP contribution in [0.3, 0.4) is 0 Å². The highest BCUT2D eigenvalue weighted by atomic mass is 32.2. The number of carbonyl (C=O) groups excluding carboxylic acids is 1. The van der Waals surface area contributed by atoms with Gasteiger partial charge in [-0.3, -0.25) is 9.78 Å². The van der Waals surface area contributed by atoms with Gasteiger partial charge in [0.1, 0.15) is 0 Å². The summed E-state index contributed by atoms with van der Waals surface area (Å²) in [6.45, 7) is 2.53. The van der Waals surface area contributed by atoms with Crippen molar-refractivity contribution in [1.82, 2.24) is 25.1 Å². The van der Waals surface area contributed by atoms with Crippen LogP contribution in [-0.2, 0) is 11.8 Å². The number of hydrogen-bond acceptors (Lipinski definition) is 5. The highest BCUT2D eigenvalue weighted by Gasteiger charge is 2.12. The van der Waals surface area contributed by atoms with Crippen LogP contribution < -0.4 is 5.32 Å². The van der Waals surface area contributed by atoms with Crippen molar-refractivity contribution >= 4 is 17.7 Å². The number of amides is 1. The first-order valence-electron chi connectivity index (χ1n) is 5.91. The summed E-state index contributed by atoms with van der Waals surface area (Å²) in [5, 5.41) is 11.7. The predicted octanol–water partition coefficient (Wildman–Crippen LogP) is 1.11. The number of thioether (sulfide) groups is 1. The van der Waals surface area contributed by atoms with Gasteiger partial charge >= 0.3 is 0 Å². The van der Waals surface area contributed by atoms with Crippen LogP contribution in [0.15, 0.2) is 29.7 Å². The number of aromatic nitrogens is 4. The van der Waals surface area contributed by atoms with E-state index in [-0.39, 0.29) is 5.91 Å². The predicted molar refractivity (Wildman–Crippen MR) is 73.6 cm³/mol. The zero-order valence-electron chi connectivity index (χ0n) is 10.8. The van der Waals surface area contributed by atoms with Gasteiger partial charge in [-0.25, -0.2) is 0 Å². The molecule has 0 unspecified atom stereocenters. The van der Waals surface area contributed by atoms with Crippen molar-refractivity contribution < 1.29 is 4.79 Å². The Morgan fingerprint density at radius 1 is 1.47 bits per heavy atom. The lowest BCUT2D eigenvalue weighted by molar-refractivity contribution is -0.118. The van der Waals surface area contributed by atoms with Gasteiger partial charge < -0.3 is 9.88 Å². The van der Waals surface area contributed by atoms with Gasteiger partial charge in [-0.15, -0.1) is 10.2 Å². The summed E-state index contributed by atoms with van der Waals surface area (Å²) in [6.07, 6.45) is 3.45. The summed E-state index contributed by atoms with van der Waals surface area (Å²) >= 11 is 1.37. The zero-order valence-corrected chi connectivity index (χ0v) is 11.6. The molecule has 19 heavy (non-hydrogen) atoms. The third kappa shape index (κ3) is 3.31. The van der Waals surface area contributed by atoms with Gasteiger partial charge in [0.2, 0.25) is 5.91 Å². The quantitative estimate of drug-likeness (QED) is 0.829. The number of nitrogens with one attached hydrogen (secondary N) is 1. The summed E-state index contributed by atoms with van der Waals surface area (Å²) in [4.78, 5) is 15.5. The van der Waals surface area contributed by atoms with Gasteiger partial charge in [0, 0.05) is 31.5 Å². The molecular formula is C12H15N5OS. The van der Waals surface area contributed by atoms with Gasteiger partial charge in [0.25, 0.3) is 0 Å². The van der Waals surface area contributed by atoms with Gasteiger partial charge in [-0.05, 0) is 19.1 Å². The van der Waals surface area contributed by atoms with E-state index in [4.69, 9.17) is 0 Å². The normalized spacial score (nSPS) is 10.4. The number of rotatable bonds is 5. The zero-order chi connectivity index (χ0) is 13.7. The molecule has 0 atom stereocenters. The number of nitrogens with zero attached hydrogens (tertiary/aromatic N) is 4. The Hall–Kier alpha value is -1.89. The fraction of sp³-hybridized carbons (Fsp3) is 0.333. The lowest BCUT2D eigenvalue weighted by Gasteiger charge is -2.03. The van der Waals surface area contributed by atoms with Crippen molar-refractivity contribution in [2.75, 3.05) is 12.3 Å². The average Bonchev–Trinajstić information content (AvgIpc) is 2.79. The van der Waals surface area contributed by atoms with E-state index < -0.39 is 0 Å². The fourth-order valence-electron chi connectivity index (χ4n) is 1.57. The molecular weight excluding hydrogens is 262 g/mol. The molecule has 0 aromatic carbocycles. The van der Waals surface area contributed by atoms with Crippen molar-refractivity contribution in [3.05, 3.63) is 24.5 Å². The van der Waals surface area contributed by atoms with E-state index in [0.717, 1.165) is 11.4 Å². The Morgan fingerprint density at radius 3 is 3.00 bits per heavy atom. The van der Waals surface area contributed by atoms with Gasteiger partial charge in [-0.2, -0.15) is 0 Å². The van der Waals surface area contributed by atoms with Crippen LogP contribution in [-0.4, -0.2) is 38.0 Å². The maximum Gasteiger partial charge on any atom is 0.230 e. The van der Waals surface area contributed by atoms with E-state index >= 15 is 0 Å². The molecule has 0 aliphatic rings. The van der Waals surface area contributed by atoms with Crippen LogP contribution in [0.5, 0.6) is 0 Å². The van der Waals surface area contributed by atoms with Gasteiger partial charge in [0.15, 0.2) is 11.0 Å². The third-order valence-corrected chi connectivity index (χ3v) is 3.48. The molecule has 0 aliphatic carbocycles. The van der Waals surface area contributed by atoms with E-state index in [1.807, 2.05) is 30.7 Å². The van der Waals surface area contributed by atoms with Crippen LogP contribution in [0, 0.1) is 0 Å². The maximum absolute atomic E-state index is 11.4. The first kappa shape index (κ1) is 13.5. The van der Waals surface area contributed by atoms with E-state index in [2.05, 4.69) is 20.5 Å². The van der Waals surface area contributed by atoms with Crippen molar-refractivity contribution in [2.24, 2.45) is 7.05 Å². The molecule has 100 valence electrons. The molecule has 2 rings (SSSR count). The van der Waals surface area contributed by atoms with E-state index in [1.54, 1.807) is 12.4 Å². The highest BCUT2D eigenvalue weighted by Crippen LogP contribution is 2.21. The lowest BCUT2D eigenvalue weighted by atomic mass is 10.3. The molecule has 0 bridgehead atoms. The number of hydrogen-bond donors (Lipinski definition) is 1. The highest BCUT2D eigenvalue weighted by molar-refractivity contribution is 7.99. The smallest absolute Gasteiger partial charge is 0.230 e. The van der Waals surface area contributed by atoms with Gasteiger partial charge in [-0.1, -0.05) is 11.8 Å². The molecule has 6 nitrogen and oxygen atoms in total. The maximum atomic E-state index is 11.4. The van der Waals surface area contributed by atoms with E-state index in [0.29, 0.717) is 17.5 Å². The first-order valence-corrected chi connectivity index (χ1v) is 6.90. The molecule has 1 N–H and O–H groups in total. The Morgan fingerprint density at radius 2 is 2.32 bits per heavy atom. The number of pyridine rings is 1. The van der Waals surface area contributed by atoms with Crippen LogP contribution >= 0.6 is 11.8 Å². The summed E-state index contributed by atoms with van der Waals surface area (Å²) in [7, 11) is 1.88. The third-order valence-electron chi connectivity index (χ3n) is 2.46. The van der Waals surface area contributed by atoms with Crippen LogP contribution in [0.4, 0.5) is 0 Å². The second-order valence-corrected chi connectivity index (χ2v) is 4.79. The van der Waals surface area contributed by atoms with Crippen molar-refractivity contribution in [2.45, 2.75) is 12.1 Å². The molecule has 0 fully saturated rings. The Bertz CT molecular complexity index is 555. The molecule has 0 saturated heterocycles. The van der Waals surface area contributed by atoms with Crippen LogP contribution in [0.2, 0.25) is 0 Å². The first-order chi connectivity index (χ1) is 9.22. The molecule has 0 aliphatic heterocycles. The topological polar surface area (TPSA) is 72.7 Å². The van der Waals surface area contributed by atoms with E-state index in [9.17, 15) is 4.79 Å². The summed E-state index contributed by atoms with van der Waals surface area (Å²) in [6, 6.07) is 3.78. The van der Waals surface area contributed by atoms with E-state index in [1.165, 1.54) is 11.8 Å². The van der Waals surface area contributed by atoms with Gasteiger partial charge in [0.05, 0.1) is 5.75 Å². The largest absolute Gasteiger partial charge is 0.356 e. The molecule has 2 aromatic rings. The minimum absolute atomic E-state index is 0.00146. The summed E-state index contributed by atoms with van der Waals surface area (Å²) in [5.74, 6) is 1.08.